The van der Waals surface area contributed by atoms with E-state index in [4.69, 9.17) is 9.73 Å². The molecule has 1 aromatic carbocycles. The van der Waals surface area contributed by atoms with Crippen LogP contribution < -0.4 is 5.32 Å². The maximum Gasteiger partial charge on any atom is 0.193 e. The van der Waals surface area contributed by atoms with Gasteiger partial charge in [-0.3, -0.25) is 4.90 Å². The van der Waals surface area contributed by atoms with Gasteiger partial charge in [-0.1, -0.05) is 37.6 Å². The van der Waals surface area contributed by atoms with Crippen molar-refractivity contribution in [1.82, 2.24) is 15.1 Å². The molecule has 1 aliphatic rings. The van der Waals surface area contributed by atoms with Gasteiger partial charge in [0, 0.05) is 39.8 Å². The third kappa shape index (κ3) is 6.96. The molecule has 1 aliphatic heterocycles. The van der Waals surface area contributed by atoms with Crippen LogP contribution in [0.25, 0.3) is 0 Å². The minimum atomic E-state index is 0.331. The van der Waals surface area contributed by atoms with E-state index >= 15 is 0 Å². The number of benzene rings is 1. The topological polar surface area (TPSA) is 40.1 Å². The first-order valence-electron chi connectivity index (χ1n) is 10.0. The van der Waals surface area contributed by atoms with Gasteiger partial charge in [-0.25, -0.2) is 4.99 Å². The quantitative estimate of drug-likeness (QED) is 0.571. The van der Waals surface area contributed by atoms with Crippen LogP contribution in [0.2, 0.25) is 0 Å². The SMILES string of the molecule is CCCCN(C)C(=NCc1cccc(CN2CCOC(C)C2)c1)NCC. The molecule has 0 aromatic heterocycles. The highest BCUT2D eigenvalue weighted by Crippen LogP contribution is 2.13. The zero-order valence-electron chi connectivity index (χ0n) is 17.0. The Bertz CT molecular complexity index is 561. The lowest BCUT2D eigenvalue weighted by Crippen LogP contribution is -2.40. The minimum Gasteiger partial charge on any atom is -0.376 e. The summed E-state index contributed by atoms with van der Waals surface area (Å²) in [4.78, 5) is 9.53. The zero-order valence-corrected chi connectivity index (χ0v) is 17.0. The van der Waals surface area contributed by atoms with Gasteiger partial charge in [-0.15, -0.1) is 0 Å². The monoisotopic (exact) mass is 360 g/mol. The van der Waals surface area contributed by atoms with Crippen molar-refractivity contribution in [2.24, 2.45) is 4.99 Å². The molecule has 5 heteroatoms. The molecule has 0 radical (unpaired) electrons. The Morgan fingerprint density at radius 3 is 2.88 bits per heavy atom. The molecule has 1 aromatic rings. The van der Waals surface area contributed by atoms with E-state index in [1.54, 1.807) is 0 Å². The molecule has 1 atom stereocenters. The van der Waals surface area contributed by atoms with Crippen molar-refractivity contribution in [3.63, 3.8) is 0 Å². The van der Waals surface area contributed by atoms with Crippen LogP contribution in [0.1, 0.15) is 44.7 Å². The summed E-state index contributed by atoms with van der Waals surface area (Å²) < 4.78 is 5.64. The van der Waals surface area contributed by atoms with Gasteiger partial charge in [-0.05, 0) is 31.4 Å². The second-order valence-corrected chi connectivity index (χ2v) is 7.18. The first kappa shape index (κ1) is 20.7. The number of ether oxygens (including phenoxy) is 1. The standard InChI is InChI=1S/C21H36N4O/c1-5-7-11-24(4)21(22-6-2)23-15-19-9-8-10-20(14-19)17-25-12-13-26-18(3)16-25/h8-10,14,18H,5-7,11-13,15-17H2,1-4H3,(H,22,23). The number of nitrogens with zero attached hydrogens (tertiary/aromatic N) is 3. The first-order chi connectivity index (χ1) is 12.6. The molecule has 1 fully saturated rings. The van der Waals surface area contributed by atoms with Crippen LogP contribution in [0.4, 0.5) is 0 Å². The van der Waals surface area contributed by atoms with Gasteiger partial charge in [0.05, 0.1) is 19.3 Å². The molecule has 0 amide bonds. The second-order valence-electron chi connectivity index (χ2n) is 7.18. The van der Waals surface area contributed by atoms with Crippen molar-refractivity contribution in [2.45, 2.75) is 52.8 Å². The van der Waals surface area contributed by atoms with E-state index in [1.807, 2.05) is 0 Å². The summed E-state index contributed by atoms with van der Waals surface area (Å²) in [5, 5.41) is 3.40. The van der Waals surface area contributed by atoms with Crippen LogP contribution in [-0.4, -0.2) is 61.7 Å². The predicted octanol–water partition coefficient (Wildman–Crippen LogP) is 3.10. The van der Waals surface area contributed by atoms with E-state index in [0.717, 1.165) is 45.3 Å². The fourth-order valence-corrected chi connectivity index (χ4v) is 3.26. The number of unbranched alkanes of at least 4 members (excludes halogenated alkanes) is 1. The number of nitrogens with one attached hydrogen (secondary N) is 1. The Labute approximate surface area is 159 Å². The lowest BCUT2D eigenvalue weighted by Gasteiger charge is -2.31. The highest BCUT2D eigenvalue weighted by Gasteiger charge is 2.16. The predicted molar refractivity (Wildman–Crippen MR) is 109 cm³/mol. The largest absolute Gasteiger partial charge is 0.376 e. The van der Waals surface area contributed by atoms with Crippen LogP contribution in [0.5, 0.6) is 0 Å². The second kappa shape index (κ2) is 11.2. The van der Waals surface area contributed by atoms with Crippen molar-refractivity contribution in [3.8, 4) is 0 Å². The molecule has 0 saturated carbocycles. The summed E-state index contributed by atoms with van der Waals surface area (Å²) in [5.74, 6) is 0.994. The summed E-state index contributed by atoms with van der Waals surface area (Å²) >= 11 is 0. The summed E-state index contributed by atoms with van der Waals surface area (Å²) in [7, 11) is 2.12. The Morgan fingerprint density at radius 1 is 1.35 bits per heavy atom. The zero-order chi connectivity index (χ0) is 18.8. The minimum absolute atomic E-state index is 0.331. The van der Waals surface area contributed by atoms with Crippen LogP contribution in [0, 0.1) is 0 Å². The van der Waals surface area contributed by atoms with E-state index < -0.39 is 0 Å². The van der Waals surface area contributed by atoms with E-state index in [2.05, 4.69) is 67.2 Å². The number of aliphatic imine (C=N–C) groups is 1. The van der Waals surface area contributed by atoms with E-state index in [-0.39, 0.29) is 0 Å². The molecule has 2 rings (SSSR count). The van der Waals surface area contributed by atoms with Gasteiger partial charge in [0.15, 0.2) is 5.96 Å². The average molecular weight is 361 g/mol. The summed E-state index contributed by atoms with van der Waals surface area (Å²) in [5.41, 5.74) is 2.62. The lowest BCUT2D eigenvalue weighted by atomic mass is 10.1. The van der Waals surface area contributed by atoms with Crippen LogP contribution in [0.15, 0.2) is 29.3 Å². The van der Waals surface area contributed by atoms with E-state index in [0.29, 0.717) is 12.6 Å². The first-order valence-corrected chi connectivity index (χ1v) is 10.0. The Hall–Kier alpha value is -1.59. The maximum absolute atomic E-state index is 5.64. The Kier molecular flexibility index (Phi) is 8.92. The third-order valence-electron chi connectivity index (χ3n) is 4.68. The molecular weight excluding hydrogens is 324 g/mol. The molecule has 146 valence electrons. The van der Waals surface area contributed by atoms with Gasteiger partial charge in [0.2, 0.25) is 0 Å². The Balaban J connectivity index is 1.97. The van der Waals surface area contributed by atoms with Crippen LogP contribution >= 0.6 is 0 Å². The van der Waals surface area contributed by atoms with Crippen molar-refractivity contribution < 1.29 is 4.74 Å². The van der Waals surface area contributed by atoms with Crippen molar-refractivity contribution in [3.05, 3.63) is 35.4 Å². The van der Waals surface area contributed by atoms with E-state index in [1.165, 1.54) is 24.0 Å². The molecule has 1 saturated heterocycles. The fourth-order valence-electron chi connectivity index (χ4n) is 3.26. The van der Waals surface area contributed by atoms with Gasteiger partial charge in [0.25, 0.3) is 0 Å². The smallest absolute Gasteiger partial charge is 0.193 e. The van der Waals surface area contributed by atoms with Gasteiger partial charge < -0.3 is 15.0 Å². The maximum atomic E-state index is 5.64. The van der Waals surface area contributed by atoms with Crippen LogP contribution in [-0.2, 0) is 17.8 Å². The molecule has 1 unspecified atom stereocenters. The Morgan fingerprint density at radius 2 is 2.15 bits per heavy atom. The number of morpholine rings is 1. The highest BCUT2D eigenvalue weighted by molar-refractivity contribution is 5.79. The number of rotatable bonds is 8. The molecule has 26 heavy (non-hydrogen) atoms. The van der Waals surface area contributed by atoms with Gasteiger partial charge in [-0.2, -0.15) is 0 Å². The lowest BCUT2D eigenvalue weighted by molar-refractivity contribution is -0.0212. The third-order valence-corrected chi connectivity index (χ3v) is 4.68. The molecule has 0 spiro atoms. The number of hydrogen-bond donors (Lipinski definition) is 1. The summed E-state index contributed by atoms with van der Waals surface area (Å²) in [6.07, 6.45) is 2.72. The summed E-state index contributed by atoms with van der Waals surface area (Å²) in [6.45, 7) is 13.0. The van der Waals surface area contributed by atoms with Gasteiger partial charge >= 0.3 is 0 Å². The number of guanidine groups is 1. The highest BCUT2D eigenvalue weighted by atomic mass is 16.5. The van der Waals surface area contributed by atoms with Crippen molar-refractivity contribution in [2.75, 3.05) is 39.8 Å². The van der Waals surface area contributed by atoms with E-state index in [9.17, 15) is 0 Å². The van der Waals surface area contributed by atoms with Gasteiger partial charge in [0.1, 0.15) is 0 Å². The van der Waals surface area contributed by atoms with Crippen molar-refractivity contribution in [1.29, 1.82) is 0 Å². The van der Waals surface area contributed by atoms with Crippen molar-refractivity contribution >= 4 is 5.96 Å². The average Bonchev–Trinajstić information content (AvgIpc) is 2.63. The fraction of sp³-hybridized carbons (Fsp3) is 0.667. The molecule has 5 nitrogen and oxygen atoms in total. The van der Waals surface area contributed by atoms with Crippen LogP contribution in [0.3, 0.4) is 0 Å². The normalized spacial score (nSPS) is 18.8. The molecule has 1 N–H and O–H groups in total. The molecular formula is C21H36N4O. The summed E-state index contributed by atoms with van der Waals surface area (Å²) in [6, 6.07) is 8.83. The molecule has 1 heterocycles. The number of hydrogen-bond acceptors (Lipinski definition) is 3. The molecule has 0 aliphatic carbocycles. The molecule has 0 bridgehead atoms.